The van der Waals surface area contributed by atoms with E-state index >= 15 is 0 Å². The maximum Gasteiger partial charge on any atom is 0.233 e. The van der Waals surface area contributed by atoms with Crippen LogP contribution in [0.2, 0.25) is 10.2 Å². The van der Waals surface area contributed by atoms with Crippen LogP contribution in [0.4, 0.5) is 0 Å². The molecule has 112 valence electrons. The molecule has 3 rings (SSSR count). The number of nitrogens with zero attached hydrogens (tertiary/aromatic N) is 6. The molecule has 0 N–H and O–H groups in total. The summed E-state index contributed by atoms with van der Waals surface area (Å²) in [5.74, 6) is 0.964. The van der Waals surface area contributed by atoms with Gasteiger partial charge in [-0.1, -0.05) is 28.4 Å². The van der Waals surface area contributed by atoms with Crippen molar-refractivity contribution < 1.29 is 4.74 Å². The SMILES string of the molecule is Cc1nnn(-c2ccc(Cl)cn2)c1COc1ccc(Cl)nn1. The maximum atomic E-state index is 5.84. The number of hydrogen-bond acceptors (Lipinski definition) is 6. The summed E-state index contributed by atoms with van der Waals surface area (Å²) in [6.07, 6.45) is 1.54. The summed E-state index contributed by atoms with van der Waals surface area (Å²) in [4.78, 5) is 4.22. The lowest BCUT2D eigenvalue weighted by Gasteiger charge is -2.07. The molecule has 0 radical (unpaired) electrons. The molecule has 0 saturated carbocycles. The van der Waals surface area contributed by atoms with Gasteiger partial charge < -0.3 is 4.74 Å². The maximum absolute atomic E-state index is 5.84. The first kappa shape index (κ1) is 14.7. The number of halogens is 2. The van der Waals surface area contributed by atoms with Crippen molar-refractivity contribution in [3.05, 3.63) is 52.0 Å². The van der Waals surface area contributed by atoms with Gasteiger partial charge in [0.15, 0.2) is 11.0 Å². The minimum absolute atomic E-state index is 0.222. The second kappa shape index (κ2) is 6.25. The second-order valence-corrected chi connectivity index (χ2v) is 5.17. The second-order valence-electron chi connectivity index (χ2n) is 4.35. The van der Waals surface area contributed by atoms with Gasteiger partial charge in [-0.3, -0.25) is 0 Å². The summed E-state index contributed by atoms with van der Waals surface area (Å²) in [5, 5.41) is 16.5. The van der Waals surface area contributed by atoms with E-state index in [4.69, 9.17) is 27.9 Å². The van der Waals surface area contributed by atoms with E-state index in [-0.39, 0.29) is 6.61 Å². The molecule has 0 aromatic carbocycles. The first-order valence-electron chi connectivity index (χ1n) is 6.28. The summed E-state index contributed by atoms with van der Waals surface area (Å²) >= 11 is 11.5. The number of aromatic nitrogens is 6. The van der Waals surface area contributed by atoms with E-state index in [9.17, 15) is 0 Å². The monoisotopic (exact) mass is 336 g/mol. The molecule has 0 spiro atoms. The zero-order valence-corrected chi connectivity index (χ0v) is 13.0. The Morgan fingerprint density at radius 2 is 1.95 bits per heavy atom. The third-order valence-corrected chi connectivity index (χ3v) is 3.28. The molecule has 22 heavy (non-hydrogen) atoms. The molecule has 0 aliphatic carbocycles. The molecule has 0 aliphatic heterocycles. The van der Waals surface area contributed by atoms with Crippen LogP contribution in [0, 0.1) is 6.92 Å². The highest BCUT2D eigenvalue weighted by Gasteiger charge is 2.13. The molecule has 0 fully saturated rings. The van der Waals surface area contributed by atoms with E-state index < -0.39 is 0 Å². The molecule has 0 saturated heterocycles. The Hall–Kier alpha value is -2.25. The fraction of sp³-hybridized carbons (Fsp3) is 0.154. The molecule has 9 heteroatoms. The lowest BCUT2D eigenvalue weighted by Crippen LogP contribution is -2.08. The number of pyridine rings is 1. The van der Waals surface area contributed by atoms with Crippen molar-refractivity contribution in [2.45, 2.75) is 13.5 Å². The number of hydrogen-bond donors (Lipinski definition) is 0. The molecule has 3 aromatic heterocycles. The van der Waals surface area contributed by atoms with Gasteiger partial charge in [-0.05, 0) is 25.1 Å². The van der Waals surface area contributed by atoms with Gasteiger partial charge in [-0.2, -0.15) is 4.68 Å². The van der Waals surface area contributed by atoms with Crippen molar-refractivity contribution in [1.82, 2.24) is 30.2 Å². The zero-order chi connectivity index (χ0) is 15.5. The Bertz CT molecular complexity index is 772. The molecular formula is C13H10Cl2N6O. The first-order chi connectivity index (χ1) is 10.6. The fourth-order valence-electron chi connectivity index (χ4n) is 1.74. The van der Waals surface area contributed by atoms with Gasteiger partial charge in [0.1, 0.15) is 12.3 Å². The van der Waals surface area contributed by atoms with Crippen molar-refractivity contribution in [3.8, 4) is 11.7 Å². The van der Waals surface area contributed by atoms with E-state index in [1.165, 1.54) is 0 Å². The highest BCUT2D eigenvalue weighted by atomic mass is 35.5. The van der Waals surface area contributed by atoms with Crippen molar-refractivity contribution in [2.24, 2.45) is 0 Å². The first-order valence-corrected chi connectivity index (χ1v) is 7.04. The smallest absolute Gasteiger partial charge is 0.233 e. The van der Waals surface area contributed by atoms with Gasteiger partial charge in [-0.25, -0.2) is 4.98 Å². The Kier molecular flexibility index (Phi) is 4.17. The van der Waals surface area contributed by atoms with Gasteiger partial charge in [0.05, 0.1) is 10.7 Å². The molecule has 0 aliphatic rings. The summed E-state index contributed by atoms with van der Waals surface area (Å²) < 4.78 is 7.18. The standard InChI is InChI=1S/C13H10Cl2N6O/c1-8-10(7-22-13-5-3-11(15)18-19-13)21(20-17-8)12-4-2-9(14)6-16-12/h2-6H,7H2,1H3. The average molecular weight is 337 g/mol. The van der Waals surface area contributed by atoms with Crippen LogP contribution in [0.3, 0.4) is 0 Å². The third-order valence-electron chi connectivity index (χ3n) is 2.85. The zero-order valence-electron chi connectivity index (χ0n) is 11.4. The predicted octanol–water partition coefficient (Wildman–Crippen LogP) is 2.65. The van der Waals surface area contributed by atoms with Crippen molar-refractivity contribution in [1.29, 1.82) is 0 Å². The Morgan fingerprint density at radius 1 is 1.09 bits per heavy atom. The molecule has 0 unspecified atom stereocenters. The van der Waals surface area contributed by atoms with Crippen LogP contribution in [-0.4, -0.2) is 30.2 Å². The highest BCUT2D eigenvalue weighted by molar-refractivity contribution is 6.30. The molecule has 0 atom stereocenters. The van der Waals surface area contributed by atoms with Gasteiger partial charge in [-0.15, -0.1) is 15.3 Å². The number of ether oxygens (including phenoxy) is 1. The minimum Gasteiger partial charge on any atom is -0.470 e. The number of rotatable bonds is 4. The van der Waals surface area contributed by atoms with Crippen LogP contribution in [0.25, 0.3) is 5.82 Å². The highest BCUT2D eigenvalue weighted by Crippen LogP contribution is 2.16. The number of aryl methyl sites for hydroxylation is 1. The molecule has 3 aromatic rings. The molecule has 0 bridgehead atoms. The van der Waals surface area contributed by atoms with Crippen molar-refractivity contribution in [3.63, 3.8) is 0 Å². The van der Waals surface area contributed by atoms with Crippen LogP contribution in [0.1, 0.15) is 11.4 Å². The van der Waals surface area contributed by atoms with Crippen LogP contribution < -0.4 is 4.74 Å². The van der Waals surface area contributed by atoms with E-state index in [1.54, 1.807) is 35.1 Å². The largest absolute Gasteiger partial charge is 0.470 e. The molecule has 3 heterocycles. The van der Waals surface area contributed by atoms with Crippen molar-refractivity contribution in [2.75, 3.05) is 0 Å². The lowest BCUT2D eigenvalue weighted by molar-refractivity contribution is 0.281. The topological polar surface area (TPSA) is 78.6 Å². The lowest BCUT2D eigenvalue weighted by atomic mass is 10.3. The normalized spacial score (nSPS) is 10.7. The Morgan fingerprint density at radius 3 is 2.64 bits per heavy atom. The van der Waals surface area contributed by atoms with E-state index in [1.807, 2.05) is 6.92 Å². The minimum atomic E-state index is 0.222. The quantitative estimate of drug-likeness (QED) is 0.728. The van der Waals surface area contributed by atoms with E-state index in [0.717, 1.165) is 11.4 Å². The summed E-state index contributed by atoms with van der Waals surface area (Å²) in [5.41, 5.74) is 1.49. The fourth-order valence-corrected chi connectivity index (χ4v) is 1.96. The van der Waals surface area contributed by atoms with Crippen LogP contribution in [0.15, 0.2) is 30.5 Å². The van der Waals surface area contributed by atoms with Crippen molar-refractivity contribution >= 4 is 23.2 Å². The van der Waals surface area contributed by atoms with Gasteiger partial charge in [0.2, 0.25) is 5.88 Å². The average Bonchev–Trinajstić information content (AvgIpc) is 2.89. The summed E-state index contributed by atoms with van der Waals surface area (Å²) in [7, 11) is 0. The van der Waals surface area contributed by atoms with E-state index in [0.29, 0.717) is 21.9 Å². The predicted molar refractivity (Wildman–Crippen MR) is 80.3 cm³/mol. The summed E-state index contributed by atoms with van der Waals surface area (Å²) in [6, 6.07) is 6.73. The Balaban J connectivity index is 1.83. The van der Waals surface area contributed by atoms with Gasteiger partial charge >= 0.3 is 0 Å². The molecular weight excluding hydrogens is 327 g/mol. The van der Waals surface area contributed by atoms with Gasteiger partial charge in [0.25, 0.3) is 0 Å². The third kappa shape index (κ3) is 3.15. The Labute approximate surface area is 135 Å². The molecule has 7 nitrogen and oxygen atoms in total. The van der Waals surface area contributed by atoms with Crippen LogP contribution in [0.5, 0.6) is 5.88 Å². The van der Waals surface area contributed by atoms with E-state index in [2.05, 4.69) is 25.5 Å². The van der Waals surface area contributed by atoms with Gasteiger partial charge in [0, 0.05) is 12.3 Å². The summed E-state index contributed by atoms with van der Waals surface area (Å²) in [6.45, 7) is 2.06. The van der Waals surface area contributed by atoms with Crippen LogP contribution in [-0.2, 0) is 6.61 Å². The molecule has 0 amide bonds. The van der Waals surface area contributed by atoms with Crippen LogP contribution >= 0.6 is 23.2 Å².